The van der Waals surface area contributed by atoms with Gasteiger partial charge >= 0.3 is 5.97 Å². The number of phenols is 1. The fourth-order valence-corrected chi connectivity index (χ4v) is 3.60. The number of nitrogens with zero attached hydrogens (tertiary/aromatic N) is 1. The molecule has 2 N–H and O–H groups in total. The Kier molecular flexibility index (Phi) is 6.06. The molecule has 1 aliphatic rings. The van der Waals surface area contributed by atoms with Crippen LogP contribution >= 0.6 is 11.8 Å². The second-order valence-corrected chi connectivity index (χ2v) is 6.74. The number of aliphatic imine (C=N–C) groups is 1. The minimum absolute atomic E-state index is 0.00402. The molecule has 0 radical (unpaired) electrons. The molecule has 28 heavy (non-hydrogen) atoms. The number of aromatic hydroxyl groups is 1. The first kappa shape index (κ1) is 19.6. The number of benzene rings is 2. The van der Waals surface area contributed by atoms with Gasteiger partial charge in [0.25, 0.3) is 0 Å². The van der Waals surface area contributed by atoms with Crippen molar-refractivity contribution in [3.8, 4) is 11.5 Å². The second kappa shape index (κ2) is 8.67. The number of carbonyl (C=O) groups is 1. The van der Waals surface area contributed by atoms with E-state index in [1.807, 2.05) is 18.2 Å². The van der Waals surface area contributed by atoms with Crippen LogP contribution < -0.4 is 4.74 Å². The number of ether oxygens (including phenoxy) is 2. The lowest BCUT2D eigenvalue weighted by Crippen LogP contribution is -2.12. The molecule has 0 fully saturated rings. The van der Waals surface area contributed by atoms with Crippen molar-refractivity contribution in [1.29, 1.82) is 0 Å². The van der Waals surface area contributed by atoms with Gasteiger partial charge in [0.1, 0.15) is 16.4 Å². The van der Waals surface area contributed by atoms with E-state index in [9.17, 15) is 15.0 Å². The monoisotopic (exact) mass is 397 g/mol. The lowest BCUT2D eigenvalue weighted by Gasteiger charge is -2.06. The van der Waals surface area contributed by atoms with Gasteiger partial charge in [-0.2, -0.15) is 0 Å². The third kappa shape index (κ3) is 4.04. The van der Waals surface area contributed by atoms with Gasteiger partial charge in [-0.1, -0.05) is 42.1 Å². The maximum atomic E-state index is 12.4. The van der Waals surface area contributed by atoms with Crippen LogP contribution in [0.25, 0.3) is 6.08 Å². The average Bonchev–Trinajstić information content (AvgIpc) is 2.99. The first-order chi connectivity index (χ1) is 13.5. The van der Waals surface area contributed by atoms with Gasteiger partial charge in [0.15, 0.2) is 11.5 Å². The van der Waals surface area contributed by atoms with Crippen LogP contribution in [0.15, 0.2) is 69.8 Å². The summed E-state index contributed by atoms with van der Waals surface area (Å²) in [6.07, 6.45) is 1.57. The molecule has 2 aromatic rings. The van der Waals surface area contributed by atoms with Gasteiger partial charge in [0.05, 0.1) is 24.3 Å². The molecule has 1 aliphatic heterocycles. The Labute approximate surface area is 166 Å². The Morgan fingerprint density at radius 2 is 1.89 bits per heavy atom. The van der Waals surface area contributed by atoms with E-state index < -0.39 is 5.97 Å². The highest BCUT2D eigenvalue weighted by Crippen LogP contribution is 2.42. The van der Waals surface area contributed by atoms with E-state index in [2.05, 4.69) is 4.99 Å². The zero-order valence-electron chi connectivity index (χ0n) is 15.4. The molecule has 144 valence electrons. The van der Waals surface area contributed by atoms with Crippen LogP contribution in [0, 0.1) is 0 Å². The van der Waals surface area contributed by atoms with Crippen molar-refractivity contribution in [2.75, 3.05) is 13.7 Å². The number of aliphatic hydroxyl groups excluding tert-OH is 1. The quantitative estimate of drug-likeness (QED) is 0.717. The smallest absolute Gasteiger partial charge is 0.344 e. The normalized spacial score (nSPS) is 16.6. The summed E-state index contributed by atoms with van der Waals surface area (Å²) >= 11 is 1.13. The van der Waals surface area contributed by atoms with E-state index in [0.29, 0.717) is 26.9 Å². The van der Waals surface area contributed by atoms with Crippen molar-refractivity contribution in [2.24, 2.45) is 4.99 Å². The van der Waals surface area contributed by atoms with Gasteiger partial charge in [0.2, 0.25) is 0 Å². The SMILES string of the molecule is CCOC(=O)C1=C(O)/C(=C/c2cccc(OC)c2O)SC1=Nc1ccccc1. The van der Waals surface area contributed by atoms with E-state index in [0.717, 1.165) is 11.8 Å². The number of esters is 1. The van der Waals surface area contributed by atoms with Crippen LogP contribution in [0.2, 0.25) is 0 Å². The van der Waals surface area contributed by atoms with Crippen molar-refractivity contribution in [3.63, 3.8) is 0 Å². The number of para-hydroxylation sites is 2. The Morgan fingerprint density at radius 1 is 1.14 bits per heavy atom. The number of hydrogen-bond acceptors (Lipinski definition) is 7. The van der Waals surface area contributed by atoms with E-state index in [1.54, 1.807) is 43.3 Å². The van der Waals surface area contributed by atoms with Crippen molar-refractivity contribution in [1.82, 2.24) is 0 Å². The summed E-state index contributed by atoms with van der Waals surface area (Å²) in [6, 6.07) is 14.1. The van der Waals surface area contributed by atoms with E-state index >= 15 is 0 Å². The molecule has 0 unspecified atom stereocenters. The Bertz CT molecular complexity index is 980. The molecular weight excluding hydrogens is 378 g/mol. The summed E-state index contributed by atoms with van der Waals surface area (Å²) in [5, 5.41) is 21.3. The fourth-order valence-electron chi connectivity index (χ4n) is 2.57. The average molecular weight is 397 g/mol. The predicted molar refractivity (Wildman–Crippen MR) is 110 cm³/mol. The predicted octanol–water partition coefficient (Wildman–Crippen LogP) is 4.59. The van der Waals surface area contributed by atoms with Crippen molar-refractivity contribution in [2.45, 2.75) is 6.92 Å². The van der Waals surface area contributed by atoms with Crippen LogP contribution in [-0.2, 0) is 9.53 Å². The summed E-state index contributed by atoms with van der Waals surface area (Å²) in [7, 11) is 1.46. The maximum Gasteiger partial charge on any atom is 0.344 e. The van der Waals surface area contributed by atoms with Gasteiger partial charge in [-0.05, 0) is 31.2 Å². The fraction of sp³-hybridized carbons (Fsp3) is 0.143. The van der Waals surface area contributed by atoms with Crippen LogP contribution in [0.1, 0.15) is 12.5 Å². The summed E-state index contributed by atoms with van der Waals surface area (Å²) < 4.78 is 10.2. The molecule has 0 bridgehead atoms. The molecule has 0 atom stereocenters. The lowest BCUT2D eigenvalue weighted by atomic mass is 10.1. The molecular formula is C21H19NO5S. The minimum atomic E-state index is -0.652. The molecule has 6 nitrogen and oxygen atoms in total. The molecule has 3 rings (SSSR count). The van der Waals surface area contributed by atoms with Crippen molar-refractivity contribution < 1.29 is 24.5 Å². The molecule has 7 heteroatoms. The Balaban J connectivity index is 2.07. The minimum Gasteiger partial charge on any atom is -0.506 e. The summed E-state index contributed by atoms with van der Waals surface area (Å²) in [5.74, 6) is -0.637. The maximum absolute atomic E-state index is 12.4. The van der Waals surface area contributed by atoms with Crippen LogP contribution in [0.3, 0.4) is 0 Å². The van der Waals surface area contributed by atoms with Crippen molar-refractivity contribution >= 4 is 34.5 Å². The molecule has 0 amide bonds. The molecule has 0 saturated heterocycles. The van der Waals surface area contributed by atoms with E-state index in [1.165, 1.54) is 7.11 Å². The highest BCUT2D eigenvalue weighted by atomic mass is 32.2. The number of phenolic OH excluding ortho intramolecular Hbond substituents is 1. The van der Waals surface area contributed by atoms with Gasteiger partial charge in [-0.3, -0.25) is 0 Å². The summed E-state index contributed by atoms with van der Waals surface area (Å²) in [6.45, 7) is 1.87. The van der Waals surface area contributed by atoms with Gasteiger partial charge in [0, 0.05) is 5.56 Å². The molecule has 0 saturated carbocycles. The molecule has 1 heterocycles. The van der Waals surface area contributed by atoms with Gasteiger partial charge < -0.3 is 19.7 Å². The summed E-state index contributed by atoms with van der Waals surface area (Å²) in [4.78, 5) is 17.2. The Hall–Kier alpha value is -3.19. The summed E-state index contributed by atoms with van der Waals surface area (Å²) in [5.41, 5.74) is 1.09. The highest BCUT2D eigenvalue weighted by molar-refractivity contribution is 8.18. The first-order valence-electron chi connectivity index (χ1n) is 8.55. The molecule has 0 aliphatic carbocycles. The number of carbonyl (C=O) groups excluding carboxylic acids is 1. The van der Waals surface area contributed by atoms with Gasteiger partial charge in [-0.25, -0.2) is 9.79 Å². The number of rotatable bonds is 5. The Morgan fingerprint density at radius 3 is 2.57 bits per heavy atom. The number of aliphatic hydroxyl groups is 1. The largest absolute Gasteiger partial charge is 0.506 e. The molecule has 2 aromatic carbocycles. The van der Waals surface area contributed by atoms with Crippen LogP contribution in [0.4, 0.5) is 5.69 Å². The van der Waals surface area contributed by atoms with Crippen LogP contribution in [-0.4, -0.2) is 34.9 Å². The third-order valence-corrected chi connectivity index (χ3v) is 4.91. The standard InChI is InChI=1S/C21H19NO5S/c1-3-27-21(25)17-19(24)16(12-13-8-7-11-15(26-2)18(13)23)28-20(17)22-14-9-5-4-6-10-14/h4-12,23-24H,3H2,1-2H3/b16-12-,22-20?. The van der Waals surface area contributed by atoms with Crippen molar-refractivity contribution in [3.05, 3.63) is 70.3 Å². The second-order valence-electron chi connectivity index (χ2n) is 5.71. The zero-order chi connectivity index (χ0) is 20.1. The lowest BCUT2D eigenvalue weighted by molar-refractivity contribution is -0.138. The third-order valence-electron chi connectivity index (χ3n) is 3.89. The van der Waals surface area contributed by atoms with E-state index in [4.69, 9.17) is 9.47 Å². The number of methoxy groups -OCH3 is 1. The first-order valence-corrected chi connectivity index (χ1v) is 9.37. The topological polar surface area (TPSA) is 88.4 Å². The number of hydrogen-bond donors (Lipinski definition) is 2. The molecule has 0 spiro atoms. The molecule has 0 aromatic heterocycles. The number of thioether (sulfide) groups is 1. The highest BCUT2D eigenvalue weighted by Gasteiger charge is 2.33. The van der Waals surface area contributed by atoms with Crippen LogP contribution in [0.5, 0.6) is 11.5 Å². The van der Waals surface area contributed by atoms with E-state index in [-0.39, 0.29) is 23.7 Å². The van der Waals surface area contributed by atoms with Gasteiger partial charge in [-0.15, -0.1) is 0 Å². The zero-order valence-corrected chi connectivity index (χ0v) is 16.2.